The lowest BCUT2D eigenvalue weighted by atomic mass is 10.1. The highest BCUT2D eigenvalue weighted by Crippen LogP contribution is 2.36. The van der Waals surface area contributed by atoms with Gasteiger partial charge in [-0.05, 0) is 24.3 Å². The van der Waals surface area contributed by atoms with Gasteiger partial charge in [0.1, 0.15) is 5.69 Å². The van der Waals surface area contributed by atoms with Crippen LogP contribution in [-0.4, -0.2) is 9.97 Å². The molecule has 5 heteroatoms. The molecule has 0 fully saturated rings. The van der Waals surface area contributed by atoms with E-state index in [1.807, 2.05) is 48.5 Å². The van der Waals surface area contributed by atoms with Crippen molar-refractivity contribution in [3.8, 4) is 11.3 Å². The number of aromatic nitrogens is 2. The quantitative estimate of drug-likeness (QED) is 0.483. The van der Waals surface area contributed by atoms with Gasteiger partial charge in [0.2, 0.25) is 0 Å². The Labute approximate surface area is 150 Å². The van der Waals surface area contributed by atoms with E-state index in [0.717, 1.165) is 11.1 Å². The van der Waals surface area contributed by atoms with Crippen LogP contribution in [0.25, 0.3) is 22.2 Å². The summed E-state index contributed by atoms with van der Waals surface area (Å²) in [4.78, 5) is 9.20. The minimum absolute atomic E-state index is 0.279. The molecule has 4 rings (SSSR count). The molecule has 0 atom stereocenters. The predicted molar refractivity (Wildman–Crippen MR) is 102 cm³/mol. The lowest BCUT2D eigenvalue weighted by Gasteiger charge is -2.14. The molecule has 2 aromatic heterocycles. The van der Waals surface area contributed by atoms with E-state index >= 15 is 4.39 Å². The average molecular weight is 347 g/mol. The lowest BCUT2D eigenvalue weighted by Crippen LogP contribution is -2.00. The minimum Gasteiger partial charge on any atom is -0.352 e. The van der Waals surface area contributed by atoms with E-state index in [1.54, 1.807) is 24.5 Å². The molecule has 25 heavy (non-hydrogen) atoms. The smallest absolute Gasteiger partial charge is 0.173 e. The van der Waals surface area contributed by atoms with Crippen LogP contribution in [0.3, 0.4) is 0 Å². The second-order valence-corrected chi connectivity index (χ2v) is 6.03. The van der Waals surface area contributed by atoms with Crippen molar-refractivity contribution in [1.29, 1.82) is 0 Å². The zero-order valence-electron chi connectivity index (χ0n) is 13.1. The van der Waals surface area contributed by atoms with Crippen molar-refractivity contribution < 1.29 is 4.39 Å². The van der Waals surface area contributed by atoms with Crippen LogP contribution in [0.2, 0.25) is 0 Å². The largest absolute Gasteiger partial charge is 0.352 e. The molecule has 0 aliphatic rings. The van der Waals surface area contributed by atoms with Gasteiger partial charge in [0, 0.05) is 33.9 Å². The van der Waals surface area contributed by atoms with E-state index in [-0.39, 0.29) is 5.69 Å². The Morgan fingerprint density at radius 2 is 1.60 bits per heavy atom. The maximum atomic E-state index is 15.4. The fourth-order valence-electron chi connectivity index (χ4n) is 2.74. The SMILES string of the molecule is Fc1c(-c2ccccc2S)nc2ccccc2c1Nc1ccncc1. The molecule has 2 aromatic carbocycles. The molecule has 0 saturated carbocycles. The number of benzene rings is 2. The summed E-state index contributed by atoms with van der Waals surface area (Å²) < 4.78 is 15.4. The summed E-state index contributed by atoms with van der Waals surface area (Å²) in [5.41, 5.74) is 2.80. The molecule has 0 radical (unpaired) electrons. The van der Waals surface area contributed by atoms with Crippen LogP contribution in [0.4, 0.5) is 15.8 Å². The Bertz CT molecular complexity index is 1050. The number of fused-ring (bicyclic) bond motifs is 1. The number of anilines is 2. The first-order chi connectivity index (χ1) is 12.2. The average Bonchev–Trinajstić information content (AvgIpc) is 2.65. The van der Waals surface area contributed by atoms with Crippen LogP contribution in [0.1, 0.15) is 0 Å². The van der Waals surface area contributed by atoms with Crippen molar-refractivity contribution in [2.75, 3.05) is 5.32 Å². The molecule has 0 amide bonds. The van der Waals surface area contributed by atoms with Gasteiger partial charge in [-0.1, -0.05) is 36.4 Å². The van der Waals surface area contributed by atoms with Gasteiger partial charge in [0.05, 0.1) is 11.2 Å². The van der Waals surface area contributed by atoms with Crippen molar-refractivity contribution in [3.05, 3.63) is 78.9 Å². The molecular formula is C20H14FN3S. The molecule has 2 heterocycles. The van der Waals surface area contributed by atoms with Crippen molar-refractivity contribution >= 4 is 34.9 Å². The highest BCUT2D eigenvalue weighted by Gasteiger charge is 2.18. The van der Waals surface area contributed by atoms with Crippen molar-refractivity contribution in [3.63, 3.8) is 0 Å². The van der Waals surface area contributed by atoms with Gasteiger partial charge in [0.25, 0.3) is 0 Å². The Balaban J connectivity index is 1.97. The molecule has 0 aliphatic heterocycles. The first-order valence-corrected chi connectivity index (χ1v) is 8.22. The van der Waals surface area contributed by atoms with E-state index < -0.39 is 5.82 Å². The first kappa shape index (κ1) is 15.6. The highest BCUT2D eigenvalue weighted by atomic mass is 32.1. The molecule has 3 nitrogen and oxygen atoms in total. The van der Waals surface area contributed by atoms with Gasteiger partial charge < -0.3 is 5.32 Å². The summed E-state index contributed by atoms with van der Waals surface area (Å²) >= 11 is 4.45. The van der Waals surface area contributed by atoms with Gasteiger partial charge in [0.15, 0.2) is 5.82 Å². The van der Waals surface area contributed by atoms with Gasteiger partial charge in [-0.2, -0.15) is 0 Å². The standard InChI is InChI=1S/C20H14FN3S/c21-18-19(23-13-9-11-22-12-10-13)14-5-1-3-7-16(14)24-20(18)15-6-2-4-8-17(15)25/h1-12,25H,(H,22,23,24). The van der Waals surface area contributed by atoms with E-state index in [9.17, 15) is 0 Å². The monoisotopic (exact) mass is 347 g/mol. The van der Waals surface area contributed by atoms with Gasteiger partial charge in [-0.15, -0.1) is 12.6 Å². The minimum atomic E-state index is -0.406. The third-order valence-electron chi connectivity index (χ3n) is 3.94. The Hall–Kier alpha value is -2.92. The molecule has 0 aliphatic carbocycles. The van der Waals surface area contributed by atoms with Crippen LogP contribution in [0, 0.1) is 5.82 Å². The summed E-state index contributed by atoms with van der Waals surface area (Å²) in [7, 11) is 0. The number of hydrogen-bond donors (Lipinski definition) is 2. The number of halogens is 1. The van der Waals surface area contributed by atoms with Gasteiger partial charge >= 0.3 is 0 Å². The van der Waals surface area contributed by atoms with Crippen molar-refractivity contribution in [2.45, 2.75) is 4.90 Å². The summed E-state index contributed by atoms with van der Waals surface area (Å²) in [6.07, 6.45) is 3.32. The number of thiol groups is 1. The van der Waals surface area contributed by atoms with E-state index in [4.69, 9.17) is 0 Å². The normalized spacial score (nSPS) is 10.8. The zero-order valence-corrected chi connectivity index (χ0v) is 14.0. The molecule has 122 valence electrons. The van der Waals surface area contributed by atoms with Crippen LogP contribution in [-0.2, 0) is 0 Å². The maximum absolute atomic E-state index is 15.4. The Morgan fingerprint density at radius 3 is 2.40 bits per heavy atom. The van der Waals surface area contributed by atoms with Crippen LogP contribution >= 0.6 is 12.6 Å². The predicted octanol–water partition coefficient (Wildman–Crippen LogP) is 5.47. The third kappa shape index (κ3) is 2.94. The van der Waals surface area contributed by atoms with Crippen LogP contribution in [0.5, 0.6) is 0 Å². The fraction of sp³-hybridized carbons (Fsp3) is 0. The fourth-order valence-corrected chi connectivity index (χ4v) is 3.01. The number of rotatable bonds is 3. The van der Waals surface area contributed by atoms with Crippen LogP contribution < -0.4 is 5.32 Å². The number of nitrogens with one attached hydrogen (secondary N) is 1. The second-order valence-electron chi connectivity index (χ2n) is 5.54. The molecular weight excluding hydrogens is 333 g/mol. The number of hydrogen-bond acceptors (Lipinski definition) is 4. The molecule has 0 spiro atoms. The highest BCUT2D eigenvalue weighted by molar-refractivity contribution is 7.80. The second kappa shape index (κ2) is 6.53. The van der Waals surface area contributed by atoms with E-state index in [0.29, 0.717) is 21.7 Å². The van der Waals surface area contributed by atoms with Gasteiger partial charge in [-0.25, -0.2) is 9.37 Å². The third-order valence-corrected chi connectivity index (χ3v) is 4.33. The van der Waals surface area contributed by atoms with E-state index in [2.05, 4.69) is 27.9 Å². The van der Waals surface area contributed by atoms with Crippen molar-refractivity contribution in [1.82, 2.24) is 9.97 Å². The molecule has 4 aromatic rings. The lowest BCUT2D eigenvalue weighted by molar-refractivity contribution is 0.632. The summed E-state index contributed by atoms with van der Waals surface area (Å²) in [6, 6.07) is 18.4. The first-order valence-electron chi connectivity index (χ1n) is 7.77. The number of para-hydroxylation sites is 1. The number of nitrogens with zero attached hydrogens (tertiary/aromatic N) is 2. The van der Waals surface area contributed by atoms with E-state index in [1.165, 1.54) is 0 Å². The topological polar surface area (TPSA) is 37.8 Å². The molecule has 0 bridgehead atoms. The van der Waals surface area contributed by atoms with Crippen molar-refractivity contribution in [2.24, 2.45) is 0 Å². The molecule has 0 unspecified atom stereocenters. The molecule has 0 saturated heterocycles. The summed E-state index contributed by atoms with van der Waals surface area (Å²) in [5, 5.41) is 3.88. The maximum Gasteiger partial charge on any atom is 0.173 e. The summed E-state index contributed by atoms with van der Waals surface area (Å²) in [6.45, 7) is 0. The molecule has 1 N–H and O–H groups in total. The van der Waals surface area contributed by atoms with Gasteiger partial charge in [-0.3, -0.25) is 4.98 Å². The summed E-state index contributed by atoms with van der Waals surface area (Å²) in [5.74, 6) is -0.406. The number of pyridine rings is 2. The Morgan fingerprint density at radius 1 is 0.880 bits per heavy atom. The Kier molecular flexibility index (Phi) is 4.07. The van der Waals surface area contributed by atoms with Crippen LogP contribution in [0.15, 0.2) is 78.0 Å². The zero-order chi connectivity index (χ0) is 17.2.